The quantitative estimate of drug-likeness (QED) is 0.848. The maximum atomic E-state index is 12.6. The van der Waals surface area contributed by atoms with Gasteiger partial charge in [-0.25, -0.2) is 0 Å². The Morgan fingerprint density at radius 1 is 1.00 bits per heavy atom. The Morgan fingerprint density at radius 2 is 1.88 bits per heavy atom. The van der Waals surface area contributed by atoms with Crippen molar-refractivity contribution in [1.82, 2.24) is 15.1 Å². The second kappa shape index (κ2) is 7.83. The normalized spacial score (nSPS) is 20.8. The van der Waals surface area contributed by atoms with E-state index < -0.39 is 0 Å². The Hall–Kier alpha value is -2.47. The van der Waals surface area contributed by atoms with E-state index in [-0.39, 0.29) is 11.8 Å². The molecule has 0 saturated carbocycles. The number of nitrogens with zero attached hydrogens (tertiary/aromatic N) is 4. The molecule has 4 rings (SSSR count). The number of carbonyl (C=O) groups excluding carboxylic acids is 1. The molecule has 136 valence electrons. The van der Waals surface area contributed by atoms with E-state index in [9.17, 15) is 4.79 Å². The number of anilines is 1. The number of benzene rings is 1. The van der Waals surface area contributed by atoms with Crippen LogP contribution in [0.3, 0.4) is 0 Å². The third-order valence-electron chi connectivity index (χ3n) is 5.13. The van der Waals surface area contributed by atoms with Gasteiger partial charge in [0, 0.05) is 38.3 Å². The molecule has 1 unspecified atom stereocenters. The number of amides is 1. The second-order valence-electron chi connectivity index (χ2n) is 6.87. The zero-order valence-corrected chi connectivity index (χ0v) is 14.9. The summed E-state index contributed by atoms with van der Waals surface area (Å²) in [6.07, 6.45) is 1.80. The van der Waals surface area contributed by atoms with Crippen molar-refractivity contribution >= 4 is 11.7 Å². The van der Waals surface area contributed by atoms with E-state index in [0.29, 0.717) is 13.2 Å². The fourth-order valence-electron chi connectivity index (χ4n) is 3.61. The molecule has 1 aromatic carbocycles. The van der Waals surface area contributed by atoms with Gasteiger partial charge in [0.25, 0.3) is 0 Å². The highest BCUT2D eigenvalue weighted by molar-refractivity contribution is 5.79. The van der Waals surface area contributed by atoms with E-state index in [1.807, 2.05) is 47.4 Å². The van der Waals surface area contributed by atoms with Gasteiger partial charge in [0.1, 0.15) is 0 Å². The highest BCUT2D eigenvalue weighted by Crippen LogP contribution is 2.20. The van der Waals surface area contributed by atoms with Gasteiger partial charge in [-0.15, -0.1) is 10.2 Å². The largest absolute Gasteiger partial charge is 0.381 e. The molecule has 0 aliphatic carbocycles. The van der Waals surface area contributed by atoms with Crippen molar-refractivity contribution in [3.05, 3.63) is 42.5 Å². The van der Waals surface area contributed by atoms with Crippen molar-refractivity contribution in [2.45, 2.75) is 12.8 Å². The molecule has 0 radical (unpaired) electrons. The summed E-state index contributed by atoms with van der Waals surface area (Å²) in [6, 6.07) is 14.1. The van der Waals surface area contributed by atoms with Gasteiger partial charge in [-0.3, -0.25) is 4.79 Å². The average molecular weight is 352 g/mol. The van der Waals surface area contributed by atoms with Crippen LogP contribution in [0.1, 0.15) is 12.8 Å². The Balaban J connectivity index is 1.40. The smallest absolute Gasteiger partial charge is 0.228 e. The molecule has 1 amide bonds. The maximum Gasteiger partial charge on any atom is 0.228 e. The van der Waals surface area contributed by atoms with Crippen molar-refractivity contribution in [2.24, 2.45) is 5.92 Å². The molecule has 0 N–H and O–H groups in total. The zero-order chi connectivity index (χ0) is 17.8. The van der Waals surface area contributed by atoms with Crippen LogP contribution in [-0.4, -0.2) is 60.4 Å². The number of hydrogen-bond donors (Lipinski definition) is 0. The van der Waals surface area contributed by atoms with Crippen molar-refractivity contribution in [1.29, 1.82) is 0 Å². The van der Waals surface area contributed by atoms with Gasteiger partial charge in [-0.2, -0.15) is 0 Å². The highest BCUT2D eigenvalue weighted by Gasteiger charge is 2.29. The Morgan fingerprint density at radius 3 is 2.62 bits per heavy atom. The maximum absolute atomic E-state index is 12.6. The lowest BCUT2D eigenvalue weighted by molar-refractivity contribution is -0.135. The fraction of sp³-hybridized carbons (Fsp3) is 0.450. The predicted octanol–water partition coefficient (Wildman–Crippen LogP) is 2.22. The van der Waals surface area contributed by atoms with Gasteiger partial charge in [0.15, 0.2) is 5.82 Å². The monoisotopic (exact) mass is 352 g/mol. The summed E-state index contributed by atoms with van der Waals surface area (Å²) in [7, 11) is 0. The summed E-state index contributed by atoms with van der Waals surface area (Å²) in [6.45, 7) is 4.51. The van der Waals surface area contributed by atoms with Gasteiger partial charge in [0.05, 0.1) is 18.2 Å². The second-order valence-corrected chi connectivity index (χ2v) is 6.87. The van der Waals surface area contributed by atoms with Crippen molar-refractivity contribution in [3.8, 4) is 11.3 Å². The first-order valence-electron chi connectivity index (χ1n) is 9.32. The number of hydrogen-bond acceptors (Lipinski definition) is 5. The Labute approximate surface area is 153 Å². The highest BCUT2D eigenvalue weighted by atomic mass is 16.5. The molecule has 2 fully saturated rings. The molecule has 1 aromatic heterocycles. The summed E-state index contributed by atoms with van der Waals surface area (Å²) < 4.78 is 5.36. The topological polar surface area (TPSA) is 58.6 Å². The van der Waals surface area contributed by atoms with Crippen LogP contribution in [0.2, 0.25) is 0 Å². The minimum absolute atomic E-state index is 0.0477. The van der Waals surface area contributed by atoms with Crippen LogP contribution in [-0.2, 0) is 9.53 Å². The molecule has 26 heavy (non-hydrogen) atoms. The molecule has 3 heterocycles. The van der Waals surface area contributed by atoms with Crippen LogP contribution in [0, 0.1) is 5.92 Å². The first-order chi connectivity index (χ1) is 12.8. The molecule has 1 atom stereocenters. The molecule has 6 heteroatoms. The Kier molecular flexibility index (Phi) is 5.11. The lowest BCUT2D eigenvalue weighted by Crippen LogP contribution is -2.39. The standard InChI is InChI=1S/C20H24N4O2/c25-20(17-9-14-26-15-17)24-11-4-10-23(12-13-24)19-8-7-18(21-22-19)16-5-2-1-3-6-16/h1-3,5-8,17H,4,9-15H2. The van der Waals surface area contributed by atoms with E-state index in [2.05, 4.69) is 15.1 Å². The Bertz CT molecular complexity index is 729. The number of rotatable bonds is 3. The van der Waals surface area contributed by atoms with Crippen molar-refractivity contribution in [3.63, 3.8) is 0 Å². The lowest BCUT2D eigenvalue weighted by atomic mass is 10.1. The summed E-state index contributed by atoms with van der Waals surface area (Å²) in [5.41, 5.74) is 1.94. The molecule has 2 aliphatic rings. The summed E-state index contributed by atoms with van der Waals surface area (Å²) in [5, 5.41) is 8.80. The zero-order valence-electron chi connectivity index (χ0n) is 14.9. The average Bonchev–Trinajstić information content (AvgIpc) is 3.13. The van der Waals surface area contributed by atoms with E-state index in [4.69, 9.17) is 4.74 Å². The van der Waals surface area contributed by atoms with Crippen LogP contribution >= 0.6 is 0 Å². The number of ether oxygens (including phenoxy) is 1. The molecule has 2 aliphatic heterocycles. The summed E-state index contributed by atoms with van der Waals surface area (Å²) in [4.78, 5) is 16.8. The van der Waals surface area contributed by atoms with Gasteiger partial charge in [0.2, 0.25) is 5.91 Å². The summed E-state index contributed by atoms with van der Waals surface area (Å²) in [5.74, 6) is 1.17. The third kappa shape index (κ3) is 3.70. The molecule has 2 aromatic rings. The van der Waals surface area contributed by atoms with Gasteiger partial charge >= 0.3 is 0 Å². The molecule has 6 nitrogen and oxygen atoms in total. The molecule has 2 saturated heterocycles. The minimum atomic E-state index is 0.0477. The van der Waals surface area contributed by atoms with Crippen LogP contribution in [0.15, 0.2) is 42.5 Å². The molecular weight excluding hydrogens is 328 g/mol. The van der Waals surface area contributed by atoms with E-state index in [1.54, 1.807) is 0 Å². The van der Waals surface area contributed by atoms with Crippen LogP contribution in [0.25, 0.3) is 11.3 Å². The number of carbonyl (C=O) groups is 1. The van der Waals surface area contributed by atoms with Crippen LogP contribution < -0.4 is 4.90 Å². The van der Waals surface area contributed by atoms with Crippen LogP contribution in [0.5, 0.6) is 0 Å². The van der Waals surface area contributed by atoms with Gasteiger partial charge in [-0.1, -0.05) is 30.3 Å². The van der Waals surface area contributed by atoms with E-state index >= 15 is 0 Å². The number of aromatic nitrogens is 2. The summed E-state index contributed by atoms with van der Waals surface area (Å²) >= 11 is 0. The molecule has 0 bridgehead atoms. The fourth-order valence-corrected chi connectivity index (χ4v) is 3.61. The SMILES string of the molecule is O=C(C1CCOC1)N1CCCN(c2ccc(-c3ccccc3)nn2)CC1. The lowest BCUT2D eigenvalue weighted by Gasteiger charge is -2.24. The first-order valence-corrected chi connectivity index (χ1v) is 9.32. The first kappa shape index (κ1) is 17.0. The van der Waals surface area contributed by atoms with Crippen LogP contribution in [0.4, 0.5) is 5.82 Å². The third-order valence-corrected chi connectivity index (χ3v) is 5.13. The van der Waals surface area contributed by atoms with E-state index in [1.165, 1.54) is 0 Å². The van der Waals surface area contributed by atoms with E-state index in [0.717, 1.165) is 56.1 Å². The molecular formula is C20H24N4O2. The van der Waals surface area contributed by atoms with Crippen molar-refractivity contribution < 1.29 is 9.53 Å². The van der Waals surface area contributed by atoms with Gasteiger partial charge < -0.3 is 14.5 Å². The van der Waals surface area contributed by atoms with Crippen molar-refractivity contribution in [2.75, 3.05) is 44.3 Å². The predicted molar refractivity (Wildman–Crippen MR) is 99.8 cm³/mol. The van der Waals surface area contributed by atoms with Gasteiger partial charge in [-0.05, 0) is 25.0 Å². The minimum Gasteiger partial charge on any atom is -0.381 e. The molecule has 0 spiro atoms.